The molecule has 2 aliphatic rings. The average Bonchev–Trinajstić information content (AvgIpc) is 3.02. The number of ether oxygens (including phenoxy) is 1. The highest BCUT2D eigenvalue weighted by Crippen LogP contribution is 2.31. The highest BCUT2D eigenvalue weighted by atomic mass is 16.5. The lowest BCUT2D eigenvalue weighted by Crippen LogP contribution is -2.55. The smallest absolute Gasteiger partial charge is 0.238 e. The second kappa shape index (κ2) is 6.21. The van der Waals surface area contributed by atoms with E-state index in [1.165, 1.54) is 6.33 Å². The molecule has 1 aromatic carbocycles. The lowest BCUT2D eigenvalue weighted by molar-refractivity contribution is -0.118. The predicted octanol–water partition coefficient (Wildman–Crippen LogP) is 0.0868. The van der Waals surface area contributed by atoms with Crippen LogP contribution in [0.4, 0.5) is 5.69 Å². The topological polar surface area (TPSA) is 84.3 Å². The fourth-order valence-electron chi connectivity index (χ4n) is 3.19. The number of carbonyl (C=O) groups is 1. The summed E-state index contributed by atoms with van der Waals surface area (Å²) in [5, 5.41) is 10.4. The highest BCUT2D eigenvalue weighted by Gasteiger charge is 2.27. The minimum Gasteiger partial charge on any atom is -0.490 e. The van der Waals surface area contributed by atoms with Crippen LogP contribution in [0.1, 0.15) is 0 Å². The van der Waals surface area contributed by atoms with Crippen molar-refractivity contribution in [1.29, 1.82) is 0 Å². The van der Waals surface area contributed by atoms with E-state index in [9.17, 15) is 4.79 Å². The third-order valence-electron chi connectivity index (χ3n) is 4.47. The van der Waals surface area contributed by atoms with Crippen molar-refractivity contribution >= 4 is 11.6 Å². The van der Waals surface area contributed by atoms with Crippen LogP contribution in [0.5, 0.6) is 5.75 Å². The first-order valence-electron chi connectivity index (χ1n) is 8.06. The van der Waals surface area contributed by atoms with Crippen LogP contribution in [0.15, 0.2) is 24.5 Å². The van der Waals surface area contributed by atoms with Crippen LogP contribution in [-0.4, -0.2) is 64.4 Å². The summed E-state index contributed by atoms with van der Waals surface area (Å²) in [6.07, 6.45) is 1.51. The predicted molar refractivity (Wildman–Crippen MR) is 88.8 cm³/mol. The van der Waals surface area contributed by atoms with E-state index in [-0.39, 0.29) is 11.9 Å². The second-order valence-corrected chi connectivity index (χ2v) is 6.11. The number of hydrogen-bond donors (Lipinski definition) is 2. The van der Waals surface area contributed by atoms with Gasteiger partial charge in [-0.15, -0.1) is 0 Å². The van der Waals surface area contributed by atoms with E-state index in [2.05, 4.69) is 25.6 Å². The quantitative estimate of drug-likeness (QED) is 0.772. The molecule has 1 amide bonds. The van der Waals surface area contributed by atoms with Crippen LogP contribution < -0.4 is 15.4 Å². The fourth-order valence-corrected chi connectivity index (χ4v) is 3.19. The van der Waals surface area contributed by atoms with Gasteiger partial charge in [0.2, 0.25) is 5.91 Å². The molecule has 2 aromatic rings. The summed E-state index contributed by atoms with van der Waals surface area (Å²) in [6, 6.07) is 5.91. The number of nitrogens with one attached hydrogen (secondary N) is 2. The molecule has 3 heterocycles. The largest absolute Gasteiger partial charge is 0.490 e. The number of carbonyl (C=O) groups excluding carboxylic acids is 1. The molecular formula is C16H20N6O2. The molecule has 0 aliphatic carbocycles. The number of amides is 1. The van der Waals surface area contributed by atoms with Gasteiger partial charge >= 0.3 is 0 Å². The number of hydrogen-bond acceptors (Lipinski definition) is 6. The fraction of sp³-hybridized carbons (Fsp3) is 0.438. The molecule has 8 heteroatoms. The first-order chi connectivity index (χ1) is 11.7. The molecule has 1 aromatic heterocycles. The standard InChI is InChI=1S/C16H20N6O2/c1-21-16(18-10-19-21)11-2-3-14-13(6-11)20-15(23)8-22-5-4-17-7-12(22)9-24-14/h2-3,6,10,12,17H,4-5,7-9H2,1H3,(H,20,23)/t12-/m1/s1. The van der Waals surface area contributed by atoms with E-state index < -0.39 is 0 Å². The van der Waals surface area contributed by atoms with Gasteiger partial charge in [-0.1, -0.05) is 0 Å². The Bertz CT molecular complexity index is 759. The van der Waals surface area contributed by atoms with Gasteiger partial charge in [0.1, 0.15) is 18.7 Å². The maximum Gasteiger partial charge on any atom is 0.238 e. The number of nitrogens with zero attached hydrogens (tertiary/aromatic N) is 4. The van der Waals surface area contributed by atoms with E-state index >= 15 is 0 Å². The van der Waals surface area contributed by atoms with Crippen LogP contribution in [0.25, 0.3) is 11.4 Å². The Morgan fingerprint density at radius 2 is 2.29 bits per heavy atom. The van der Waals surface area contributed by atoms with Crippen molar-refractivity contribution < 1.29 is 9.53 Å². The molecule has 1 saturated heterocycles. The molecule has 1 atom stereocenters. The summed E-state index contributed by atoms with van der Waals surface area (Å²) >= 11 is 0. The Hall–Kier alpha value is -2.45. The summed E-state index contributed by atoms with van der Waals surface area (Å²) in [6.45, 7) is 3.51. The molecule has 8 nitrogen and oxygen atoms in total. The van der Waals surface area contributed by atoms with E-state index in [4.69, 9.17) is 4.74 Å². The number of piperazine rings is 1. The maximum atomic E-state index is 12.4. The SMILES string of the molecule is Cn1ncnc1-c1ccc2c(c1)NC(=O)CN1CCNC[C@@H]1CO2. The number of benzene rings is 1. The van der Waals surface area contributed by atoms with Crippen molar-refractivity contribution in [2.75, 3.05) is 38.1 Å². The summed E-state index contributed by atoms with van der Waals surface area (Å²) in [5.74, 6) is 1.40. The van der Waals surface area contributed by atoms with Crippen LogP contribution >= 0.6 is 0 Å². The molecule has 2 N–H and O–H groups in total. The number of rotatable bonds is 1. The van der Waals surface area contributed by atoms with Crippen LogP contribution in [0, 0.1) is 0 Å². The van der Waals surface area contributed by atoms with Crippen LogP contribution in [0.2, 0.25) is 0 Å². The van der Waals surface area contributed by atoms with Gasteiger partial charge in [0.15, 0.2) is 5.82 Å². The Labute approximate surface area is 139 Å². The number of fused-ring (bicyclic) bond motifs is 2. The zero-order valence-electron chi connectivity index (χ0n) is 13.5. The third kappa shape index (κ3) is 2.85. The average molecular weight is 328 g/mol. The Morgan fingerprint density at radius 3 is 3.12 bits per heavy atom. The zero-order chi connectivity index (χ0) is 16.5. The molecular weight excluding hydrogens is 308 g/mol. The first kappa shape index (κ1) is 15.1. The molecule has 2 aliphatic heterocycles. The number of aromatic nitrogens is 3. The van der Waals surface area contributed by atoms with E-state index in [0.717, 1.165) is 31.0 Å². The Morgan fingerprint density at radius 1 is 1.38 bits per heavy atom. The maximum absolute atomic E-state index is 12.4. The minimum absolute atomic E-state index is 0.0243. The highest BCUT2D eigenvalue weighted by molar-refractivity contribution is 5.94. The lowest BCUT2D eigenvalue weighted by Gasteiger charge is -2.34. The zero-order valence-corrected chi connectivity index (χ0v) is 13.5. The molecule has 0 bridgehead atoms. The van der Waals surface area contributed by atoms with Gasteiger partial charge in [-0.3, -0.25) is 9.69 Å². The van der Waals surface area contributed by atoms with E-state index in [0.29, 0.717) is 24.6 Å². The molecule has 4 rings (SSSR count). The third-order valence-corrected chi connectivity index (χ3v) is 4.47. The normalized spacial score (nSPS) is 21.5. The van der Waals surface area contributed by atoms with E-state index in [1.807, 2.05) is 25.2 Å². The molecule has 1 fully saturated rings. The molecule has 0 unspecified atom stereocenters. The van der Waals surface area contributed by atoms with Crippen molar-refractivity contribution in [3.8, 4) is 17.1 Å². The lowest BCUT2D eigenvalue weighted by atomic mass is 10.1. The first-order valence-corrected chi connectivity index (χ1v) is 8.06. The number of aryl methyl sites for hydroxylation is 1. The van der Waals surface area contributed by atoms with Crippen molar-refractivity contribution in [1.82, 2.24) is 25.0 Å². The molecule has 0 spiro atoms. The van der Waals surface area contributed by atoms with Gasteiger partial charge in [0.25, 0.3) is 0 Å². The molecule has 0 radical (unpaired) electrons. The van der Waals surface area contributed by atoms with Crippen LogP contribution in [0.3, 0.4) is 0 Å². The van der Waals surface area contributed by atoms with Crippen molar-refractivity contribution in [3.63, 3.8) is 0 Å². The molecule has 24 heavy (non-hydrogen) atoms. The monoisotopic (exact) mass is 328 g/mol. The van der Waals surface area contributed by atoms with Gasteiger partial charge in [-0.05, 0) is 18.2 Å². The van der Waals surface area contributed by atoms with Gasteiger partial charge in [0, 0.05) is 32.2 Å². The van der Waals surface area contributed by atoms with Gasteiger partial charge in [0.05, 0.1) is 18.3 Å². The number of anilines is 1. The Kier molecular flexibility index (Phi) is 3.91. The Balaban J connectivity index is 1.66. The summed E-state index contributed by atoms with van der Waals surface area (Å²) in [7, 11) is 1.84. The van der Waals surface area contributed by atoms with Gasteiger partial charge in [-0.2, -0.15) is 5.10 Å². The van der Waals surface area contributed by atoms with E-state index in [1.54, 1.807) is 4.68 Å². The van der Waals surface area contributed by atoms with Gasteiger partial charge < -0.3 is 15.4 Å². The molecule has 0 saturated carbocycles. The van der Waals surface area contributed by atoms with Crippen molar-refractivity contribution in [2.24, 2.45) is 7.05 Å². The minimum atomic E-state index is -0.0243. The molecule has 126 valence electrons. The van der Waals surface area contributed by atoms with Gasteiger partial charge in [-0.25, -0.2) is 9.67 Å². The summed E-state index contributed by atoms with van der Waals surface area (Å²) in [5.41, 5.74) is 1.56. The van der Waals surface area contributed by atoms with Crippen LogP contribution in [-0.2, 0) is 11.8 Å². The summed E-state index contributed by atoms with van der Waals surface area (Å²) < 4.78 is 7.69. The second-order valence-electron chi connectivity index (χ2n) is 6.11. The van der Waals surface area contributed by atoms with Crippen molar-refractivity contribution in [2.45, 2.75) is 6.04 Å². The summed E-state index contributed by atoms with van der Waals surface area (Å²) in [4.78, 5) is 18.8. The van der Waals surface area contributed by atoms with Crippen molar-refractivity contribution in [3.05, 3.63) is 24.5 Å².